The first-order valence-corrected chi connectivity index (χ1v) is 10.8. The maximum Gasteiger partial charge on any atom is 0.251 e. The number of amides is 1. The van der Waals surface area contributed by atoms with Crippen LogP contribution in [-0.2, 0) is 19.4 Å². The lowest BCUT2D eigenvalue weighted by molar-refractivity contribution is 0.1000. The minimum atomic E-state index is -0.355. The number of primary amides is 1. The van der Waals surface area contributed by atoms with Crippen molar-refractivity contribution in [3.8, 4) is 16.9 Å². The second-order valence-electron chi connectivity index (χ2n) is 7.72. The molecule has 1 aromatic heterocycles. The van der Waals surface area contributed by atoms with Gasteiger partial charge in [0, 0.05) is 23.5 Å². The van der Waals surface area contributed by atoms with Crippen LogP contribution >= 0.6 is 0 Å². The molecule has 0 fully saturated rings. The number of carbonyl (C=O) groups excluding carboxylic acids is 1. The Kier molecular flexibility index (Phi) is 7.34. The van der Waals surface area contributed by atoms with Crippen LogP contribution in [-0.4, -0.2) is 17.6 Å². The third-order valence-corrected chi connectivity index (χ3v) is 5.74. The third kappa shape index (κ3) is 4.76. The number of unbranched alkanes of at least 4 members (excludes halogenated alkanes) is 2. The molecule has 2 aromatic carbocycles. The summed E-state index contributed by atoms with van der Waals surface area (Å²) >= 11 is 0. The molecule has 3 aromatic rings. The van der Waals surface area contributed by atoms with Gasteiger partial charge in [-0.05, 0) is 49.4 Å². The van der Waals surface area contributed by atoms with Crippen molar-refractivity contribution < 1.29 is 9.53 Å². The van der Waals surface area contributed by atoms with E-state index in [1.165, 1.54) is 17.7 Å². The van der Waals surface area contributed by atoms with E-state index < -0.39 is 0 Å². The predicted molar refractivity (Wildman–Crippen MR) is 123 cm³/mol. The molecule has 0 aliphatic rings. The van der Waals surface area contributed by atoms with Gasteiger partial charge in [0.05, 0.1) is 12.7 Å². The summed E-state index contributed by atoms with van der Waals surface area (Å²) in [5, 5.41) is 0. The number of ether oxygens (including phenoxy) is 1. The first-order chi connectivity index (χ1) is 14.6. The minimum Gasteiger partial charge on any atom is -0.497 e. The molecule has 1 heterocycles. The summed E-state index contributed by atoms with van der Waals surface area (Å²) in [4.78, 5) is 12.5. The predicted octanol–water partition coefficient (Wildman–Crippen LogP) is 5.55. The second-order valence-corrected chi connectivity index (χ2v) is 7.72. The molecule has 0 atom stereocenters. The van der Waals surface area contributed by atoms with Crippen molar-refractivity contribution in [2.45, 2.75) is 52.5 Å². The molecular formula is C26H32N2O2. The van der Waals surface area contributed by atoms with Crippen LogP contribution in [0.4, 0.5) is 0 Å². The molecule has 30 heavy (non-hydrogen) atoms. The number of nitrogens with zero attached hydrogens (tertiary/aromatic N) is 1. The van der Waals surface area contributed by atoms with E-state index >= 15 is 0 Å². The van der Waals surface area contributed by atoms with Gasteiger partial charge in [0.15, 0.2) is 0 Å². The van der Waals surface area contributed by atoms with Gasteiger partial charge in [-0.3, -0.25) is 4.79 Å². The topological polar surface area (TPSA) is 57.2 Å². The van der Waals surface area contributed by atoms with Crippen molar-refractivity contribution in [1.82, 2.24) is 4.57 Å². The molecule has 3 rings (SSSR count). The number of methoxy groups -OCH3 is 1. The van der Waals surface area contributed by atoms with Crippen molar-refractivity contribution in [2.24, 2.45) is 5.73 Å². The number of aryl methyl sites for hydroxylation is 1. The van der Waals surface area contributed by atoms with Crippen LogP contribution in [0.5, 0.6) is 5.75 Å². The number of rotatable bonds is 10. The first kappa shape index (κ1) is 21.7. The van der Waals surface area contributed by atoms with E-state index in [4.69, 9.17) is 10.5 Å². The average molecular weight is 405 g/mol. The summed E-state index contributed by atoms with van der Waals surface area (Å²) in [6.07, 6.45) is 5.25. The smallest absolute Gasteiger partial charge is 0.251 e. The summed E-state index contributed by atoms with van der Waals surface area (Å²) in [5.74, 6) is 0.504. The fraction of sp³-hybridized carbons (Fsp3) is 0.346. The molecule has 0 aliphatic heterocycles. The van der Waals surface area contributed by atoms with Gasteiger partial charge in [0.1, 0.15) is 5.75 Å². The number of nitrogens with two attached hydrogens (primary N) is 1. The fourth-order valence-corrected chi connectivity index (χ4v) is 4.15. The molecule has 0 radical (unpaired) electrons. The Morgan fingerprint density at radius 2 is 1.70 bits per heavy atom. The normalized spacial score (nSPS) is 10.9. The third-order valence-electron chi connectivity index (χ3n) is 5.74. The number of hydrogen-bond donors (Lipinski definition) is 1. The van der Waals surface area contributed by atoms with Crippen LogP contribution in [0.25, 0.3) is 11.1 Å². The summed E-state index contributed by atoms with van der Waals surface area (Å²) < 4.78 is 7.57. The highest BCUT2D eigenvalue weighted by molar-refractivity contribution is 6.02. The van der Waals surface area contributed by atoms with E-state index in [0.29, 0.717) is 5.56 Å². The molecule has 4 heteroatoms. The molecule has 0 unspecified atom stereocenters. The number of aromatic nitrogens is 1. The molecule has 0 aliphatic carbocycles. The van der Waals surface area contributed by atoms with Crippen molar-refractivity contribution >= 4 is 5.91 Å². The van der Waals surface area contributed by atoms with Gasteiger partial charge in [0.2, 0.25) is 0 Å². The zero-order valence-corrected chi connectivity index (χ0v) is 18.3. The van der Waals surface area contributed by atoms with Gasteiger partial charge in [-0.15, -0.1) is 0 Å². The Hall–Kier alpha value is -3.01. The quantitative estimate of drug-likeness (QED) is 0.451. The average Bonchev–Trinajstić information content (AvgIpc) is 3.05. The number of carbonyl (C=O) groups is 1. The van der Waals surface area contributed by atoms with Gasteiger partial charge in [-0.1, -0.05) is 62.2 Å². The largest absolute Gasteiger partial charge is 0.497 e. The van der Waals surface area contributed by atoms with Crippen LogP contribution in [0.2, 0.25) is 0 Å². The Morgan fingerprint density at radius 3 is 2.30 bits per heavy atom. The van der Waals surface area contributed by atoms with Crippen LogP contribution < -0.4 is 10.5 Å². The number of benzene rings is 2. The lowest BCUT2D eigenvalue weighted by Crippen LogP contribution is -2.14. The van der Waals surface area contributed by atoms with E-state index in [1.807, 2.05) is 37.3 Å². The van der Waals surface area contributed by atoms with E-state index in [0.717, 1.165) is 54.8 Å². The Labute approximate surface area is 179 Å². The number of hydrogen-bond acceptors (Lipinski definition) is 2. The van der Waals surface area contributed by atoms with Gasteiger partial charge in [-0.25, -0.2) is 0 Å². The van der Waals surface area contributed by atoms with Crippen LogP contribution in [0.15, 0.2) is 54.6 Å². The van der Waals surface area contributed by atoms with Gasteiger partial charge >= 0.3 is 0 Å². The van der Waals surface area contributed by atoms with E-state index in [1.54, 1.807) is 7.11 Å². The van der Waals surface area contributed by atoms with E-state index in [2.05, 4.69) is 35.8 Å². The van der Waals surface area contributed by atoms with Crippen LogP contribution in [0, 0.1) is 6.92 Å². The summed E-state index contributed by atoms with van der Waals surface area (Å²) in [5.41, 5.74) is 12.0. The Balaban J connectivity index is 2.02. The van der Waals surface area contributed by atoms with Crippen LogP contribution in [0.1, 0.15) is 53.5 Å². The van der Waals surface area contributed by atoms with E-state index in [9.17, 15) is 4.79 Å². The lowest BCUT2D eigenvalue weighted by Gasteiger charge is -2.14. The second kappa shape index (κ2) is 10.1. The Morgan fingerprint density at radius 1 is 1.00 bits per heavy atom. The Bertz CT molecular complexity index is 973. The zero-order valence-electron chi connectivity index (χ0n) is 18.3. The highest BCUT2D eigenvalue weighted by Gasteiger charge is 2.24. The maximum atomic E-state index is 12.5. The van der Waals surface area contributed by atoms with Crippen molar-refractivity contribution in [2.75, 3.05) is 7.11 Å². The van der Waals surface area contributed by atoms with Crippen molar-refractivity contribution in [3.63, 3.8) is 0 Å². The first-order valence-electron chi connectivity index (χ1n) is 10.8. The fourth-order valence-electron chi connectivity index (χ4n) is 4.15. The molecule has 0 spiro atoms. The SMILES string of the molecule is CCCCCc1c(-c2ccccc2)c(C(N)=O)c(C)n1CCc1ccc(OC)cc1. The minimum absolute atomic E-state index is 0.355. The van der Waals surface area contributed by atoms with Crippen molar-refractivity contribution in [3.05, 3.63) is 77.1 Å². The summed E-state index contributed by atoms with van der Waals surface area (Å²) in [7, 11) is 1.68. The highest BCUT2D eigenvalue weighted by Crippen LogP contribution is 2.34. The molecule has 0 bridgehead atoms. The zero-order chi connectivity index (χ0) is 21.5. The molecule has 1 amide bonds. The molecule has 2 N–H and O–H groups in total. The molecule has 0 saturated heterocycles. The van der Waals surface area contributed by atoms with Gasteiger partial charge in [0.25, 0.3) is 5.91 Å². The highest BCUT2D eigenvalue weighted by atomic mass is 16.5. The molecular weight excluding hydrogens is 372 g/mol. The molecule has 4 nitrogen and oxygen atoms in total. The monoisotopic (exact) mass is 404 g/mol. The maximum absolute atomic E-state index is 12.5. The summed E-state index contributed by atoms with van der Waals surface area (Å²) in [6, 6.07) is 18.3. The standard InChI is InChI=1S/C26H32N2O2/c1-4-5-7-12-23-25(21-10-8-6-9-11-21)24(26(27)29)19(2)28(23)18-17-20-13-15-22(30-3)16-14-20/h6,8-11,13-16H,4-5,7,12,17-18H2,1-3H3,(H2,27,29). The molecule has 158 valence electrons. The van der Waals surface area contributed by atoms with E-state index in [-0.39, 0.29) is 5.91 Å². The van der Waals surface area contributed by atoms with Gasteiger partial charge < -0.3 is 15.0 Å². The summed E-state index contributed by atoms with van der Waals surface area (Å²) in [6.45, 7) is 5.04. The van der Waals surface area contributed by atoms with Crippen molar-refractivity contribution in [1.29, 1.82) is 0 Å². The molecule has 0 saturated carbocycles. The van der Waals surface area contributed by atoms with Crippen LogP contribution in [0.3, 0.4) is 0 Å². The lowest BCUT2D eigenvalue weighted by atomic mass is 9.97. The van der Waals surface area contributed by atoms with Gasteiger partial charge in [-0.2, -0.15) is 0 Å².